The molecule has 0 saturated carbocycles. The first-order chi connectivity index (χ1) is 15.9. The first kappa shape index (κ1) is 20.9. The molecule has 1 saturated heterocycles. The predicted octanol–water partition coefficient (Wildman–Crippen LogP) is 2.66. The number of hydrogen-bond donors (Lipinski definition) is 0. The molecule has 0 atom stereocenters. The Morgan fingerprint density at radius 3 is 2.30 bits per heavy atom. The maximum Gasteiger partial charge on any atom is 0.349 e. The number of carbonyl (C=O) groups excluding carboxylic acids is 1. The number of rotatable bonds is 3. The average Bonchev–Trinajstić information content (AvgIpc) is 3.10. The molecule has 0 aliphatic carbocycles. The van der Waals surface area contributed by atoms with Crippen LogP contribution in [0.5, 0.6) is 0 Å². The normalized spacial score (nSPS) is 14.2. The van der Waals surface area contributed by atoms with Crippen LogP contribution < -0.4 is 10.5 Å². The molecule has 9 heteroatoms. The molecule has 0 radical (unpaired) electrons. The summed E-state index contributed by atoms with van der Waals surface area (Å²) in [7, 11) is 0. The second-order valence-corrected chi connectivity index (χ2v) is 8.22. The lowest BCUT2D eigenvalue weighted by Gasteiger charge is -2.35. The fraction of sp³-hybridized carbons (Fsp3) is 0.292. The van der Waals surface area contributed by atoms with Crippen LogP contribution in [-0.4, -0.2) is 57.0 Å². The second-order valence-electron chi connectivity index (χ2n) is 8.22. The number of aryl methyl sites for hydroxylation is 1. The Morgan fingerprint density at radius 2 is 1.64 bits per heavy atom. The molecule has 1 aromatic carbocycles. The fourth-order valence-corrected chi connectivity index (χ4v) is 4.06. The Hall–Kier alpha value is -4.01. The quantitative estimate of drug-likeness (QED) is 0.448. The first-order valence-corrected chi connectivity index (χ1v) is 10.9. The lowest BCUT2D eigenvalue weighted by molar-refractivity contribution is 0.0742. The number of piperazine rings is 1. The highest BCUT2D eigenvalue weighted by molar-refractivity contribution is 5.96. The van der Waals surface area contributed by atoms with Crippen LogP contribution in [0, 0.1) is 20.8 Å². The maximum absolute atomic E-state index is 13.0. The Morgan fingerprint density at radius 1 is 0.939 bits per heavy atom. The molecule has 1 amide bonds. The number of anilines is 1. The van der Waals surface area contributed by atoms with E-state index in [2.05, 4.69) is 20.2 Å². The van der Waals surface area contributed by atoms with Crippen molar-refractivity contribution in [1.82, 2.24) is 24.9 Å². The first-order valence-electron chi connectivity index (χ1n) is 10.9. The van der Waals surface area contributed by atoms with Gasteiger partial charge < -0.3 is 14.2 Å². The molecule has 1 fully saturated rings. The number of benzene rings is 1. The van der Waals surface area contributed by atoms with Gasteiger partial charge in [-0.1, -0.05) is 18.2 Å². The van der Waals surface area contributed by atoms with Crippen molar-refractivity contribution in [2.45, 2.75) is 20.8 Å². The van der Waals surface area contributed by atoms with Gasteiger partial charge in [-0.15, -0.1) is 10.2 Å². The number of hydrogen-bond acceptors (Lipinski definition) is 7. The standard InChI is InChI=1S/C24H24N6O3/c1-15-16(2)27-30(17(15)3)22-9-8-21(25-26-22)28-10-12-29(13-11-28)23(31)19-14-18-6-4-5-7-20(18)33-24(19)32/h4-9,14H,10-13H2,1-3H3. The van der Waals surface area contributed by atoms with Crippen LogP contribution in [0.3, 0.4) is 0 Å². The smallest absolute Gasteiger partial charge is 0.349 e. The van der Waals surface area contributed by atoms with E-state index in [4.69, 9.17) is 4.42 Å². The van der Waals surface area contributed by atoms with E-state index in [1.54, 1.807) is 27.8 Å². The Bertz CT molecular complexity index is 1400. The number of aromatic nitrogens is 4. The molecule has 168 valence electrons. The van der Waals surface area contributed by atoms with Gasteiger partial charge in [-0.05, 0) is 50.6 Å². The van der Waals surface area contributed by atoms with Crippen molar-refractivity contribution in [3.63, 3.8) is 0 Å². The van der Waals surface area contributed by atoms with E-state index in [9.17, 15) is 9.59 Å². The Kier molecular flexibility index (Phi) is 5.16. The van der Waals surface area contributed by atoms with Crippen LogP contribution in [-0.2, 0) is 0 Å². The molecule has 9 nitrogen and oxygen atoms in total. The second kappa shape index (κ2) is 8.16. The molecule has 33 heavy (non-hydrogen) atoms. The number of nitrogens with zero attached hydrogens (tertiary/aromatic N) is 6. The van der Waals surface area contributed by atoms with E-state index < -0.39 is 5.63 Å². The number of para-hydroxylation sites is 1. The molecule has 0 spiro atoms. The third-order valence-corrected chi connectivity index (χ3v) is 6.27. The molecule has 0 N–H and O–H groups in total. The van der Waals surface area contributed by atoms with Gasteiger partial charge in [0.05, 0.1) is 5.69 Å². The minimum atomic E-state index is -0.609. The fourth-order valence-electron chi connectivity index (χ4n) is 4.06. The average molecular weight is 444 g/mol. The number of fused-ring (bicyclic) bond motifs is 1. The number of amides is 1. The third-order valence-electron chi connectivity index (χ3n) is 6.27. The zero-order valence-electron chi connectivity index (χ0n) is 18.8. The predicted molar refractivity (Wildman–Crippen MR) is 124 cm³/mol. The van der Waals surface area contributed by atoms with Gasteiger partial charge in [0.2, 0.25) is 0 Å². The molecule has 1 aliphatic rings. The summed E-state index contributed by atoms with van der Waals surface area (Å²) >= 11 is 0. The molecule has 0 unspecified atom stereocenters. The highest BCUT2D eigenvalue weighted by Crippen LogP contribution is 2.19. The van der Waals surface area contributed by atoms with Crippen LogP contribution in [0.4, 0.5) is 5.82 Å². The van der Waals surface area contributed by atoms with Crippen molar-refractivity contribution in [1.29, 1.82) is 0 Å². The van der Waals surface area contributed by atoms with E-state index in [0.29, 0.717) is 37.6 Å². The van der Waals surface area contributed by atoms with Crippen molar-refractivity contribution in [3.8, 4) is 5.82 Å². The van der Waals surface area contributed by atoms with Crippen LogP contribution >= 0.6 is 0 Å². The molecular formula is C24H24N6O3. The molecule has 1 aliphatic heterocycles. The molecule has 5 rings (SSSR count). The highest BCUT2D eigenvalue weighted by atomic mass is 16.4. The SMILES string of the molecule is Cc1nn(-c2ccc(N3CCN(C(=O)c4cc5ccccc5oc4=O)CC3)nn2)c(C)c1C. The van der Waals surface area contributed by atoms with Gasteiger partial charge in [-0.25, -0.2) is 9.48 Å². The molecule has 4 aromatic rings. The van der Waals surface area contributed by atoms with Gasteiger partial charge >= 0.3 is 5.63 Å². The summed E-state index contributed by atoms with van der Waals surface area (Å²) < 4.78 is 7.12. The summed E-state index contributed by atoms with van der Waals surface area (Å²) in [6.07, 6.45) is 0. The van der Waals surface area contributed by atoms with Gasteiger partial charge in [0.15, 0.2) is 11.6 Å². The summed E-state index contributed by atoms with van der Waals surface area (Å²) in [6, 6.07) is 12.6. The van der Waals surface area contributed by atoms with Gasteiger partial charge in [-0.3, -0.25) is 4.79 Å². The monoisotopic (exact) mass is 444 g/mol. The molecule has 3 aromatic heterocycles. The van der Waals surface area contributed by atoms with E-state index in [1.165, 1.54) is 0 Å². The Balaban J connectivity index is 1.28. The summed E-state index contributed by atoms with van der Waals surface area (Å²) in [4.78, 5) is 29.1. The van der Waals surface area contributed by atoms with E-state index >= 15 is 0 Å². The third kappa shape index (κ3) is 3.75. The van der Waals surface area contributed by atoms with Crippen molar-refractivity contribution in [2.24, 2.45) is 0 Å². The van der Waals surface area contributed by atoms with Gasteiger partial charge in [-0.2, -0.15) is 5.10 Å². The summed E-state index contributed by atoms with van der Waals surface area (Å²) in [5, 5.41) is 14.0. The van der Waals surface area contributed by atoms with Gasteiger partial charge in [0.1, 0.15) is 11.1 Å². The van der Waals surface area contributed by atoms with Crippen LogP contribution in [0.15, 0.2) is 51.7 Å². The van der Waals surface area contributed by atoms with Crippen molar-refractivity contribution in [2.75, 3.05) is 31.1 Å². The zero-order valence-corrected chi connectivity index (χ0v) is 18.8. The van der Waals surface area contributed by atoms with Crippen LogP contribution in [0.1, 0.15) is 27.3 Å². The van der Waals surface area contributed by atoms with E-state index in [1.807, 2.05) is 45.0 Å². The van der Waals surface area contributed by atoms with Gasteiger partial charge in [0.25, 0.3) is 5.91 Å². The lowest BCUT2D eigenvalue weighted by atomic mass is 10.1. The topological polar surface area (TPSA) is 97.4 Å². The maximum atomic E-state index is 13.0. The minimum absolute atomic E-state index is 0.0615. The summed E-state index contributed by atoms with van der Waals surface area (Å²) in [6.45, 7) is 8.17. The van der Waals surface area contributed by atoms with E-state index in [0.717, 1.165) is 28.2 Å². The molecular weight excluding hydrogens is 420 g/mol. The van der Waals surface area contributed by atoms with Crippen molar-refractivity contribution < 1.29 is 9.21 Å². The number of carbonyl (C=O) groups is 1. The highest BCUT2D eigenvalue weighted by Gasteiger charge is 2.25. The van der Waals surface area contributed by atoms with Crippen molar-refractivity contribution in [3.05, 3.63) is 75.4 Å². The van der Waals surface area contributed by atoms with Crippen LogP contribution in [0.25, 0.3) is 16.8 Å². The van der Waals surface area contributed by atoms with E-state index in [-0.39, 0.29) is 11.5 Å². The summed E-state index contributed by atoms with van der Waals surface area (Å²) in [5.41, 5.74) is 3.08. The molecule has 4 heterocycles. The Labute approximate surface area is 190 Å². The zero-order chi connectivity index (χ0) is 23.1. The van der Waals surface area contributed by atoms with Crippen LogP contribution in [0.2, 0.25) is 0 Å². The van der Waals surface area contributed by atoms with Crippen molar-refractivity contribution >= 4 is 22.7 Å². The molecule has 0 bridgehead atoms. The summed E-state index contributed by atoms with van der Waals surface area (Å²) in [5.74, 6) is 1.11. The minimum Gasteiger partial charge on any atom is -0.422 e. The largest absolute Gasteiger partial charge is 0.422 e. The van der Waals surface area contributed by atoms with Gasteiger partial charge in [0, 0.05) is 37.3 Å². The lowest BCUT2D eigenvalue weighted by Crippen LogP contribution is -2.49.